The lowest BCUT2D eigenvalue weighted by atomic mass is 9.66. The van der Waals surface area contributed by atoms with Gasteiger partial charge in [0.2, 0.25) is 0 Å². The van der Waals surface area contributed by atoms with Gasteiger partial charge in [-0.2, -0.15) is 0 Å². The standard InChI is InChI=1S/C31H33N3O2/c1-30(20-35,21-36)32-24-15-16-27-29(18-24)34-28(23-12-6-3-7-13-23)19-25(22-10-4-2-5-11-22)26-14-8-9-17-31(26,34)33-27/h2-7,10-13,15-16,18-19,25-26,35-36H,8-9,14,17,20-21H2,1H3/t25-,26+,31-/m0/s1. The second kappa shape index (κ2) is 8.99. The quantitative estimate of drug-likeness (QED) is 0.586. The highest BCUT2D eigenvalue weighted by Crippen LogP contribution is 2.57. The van der Waals surface area contributed by atoms with Crippen LogP contribution in [0.1, 0.15) is 49.7 Å². The molecule has 36 heavy (non-hydrogen) atoms. The van der Waals surface area contributed by atoms with E-state index in [2.05, 4.69) is 83.8 Å². The van der Waals surface area contributed by atoms with Gasteiger partial charge in [-0.05, 0) is 55.5 Å². The van der Waals surface area contributed by atoms with Crippen molar-refractivity contribution in [3.8, 4) is 0 Å². The zero-order chi connectivity index (χ0) is 24.8. The molecule has 2 aliphatic heterocycles. The third-order valence-electron chi connectivity index (χ3n) is 8.15. The highest BCUT2D eigenvalue weighted by molar-refractivity contribution is 6.22. The molecule has 0 bridgehead atoms. The van der Waals surface area contributed by atoms with Crippen molar-refractivity contribution >= 4 is 17.1 Å². The van der Waals surface area contributed by atoms with Gasteiger partial charge in [-0.3, -0.25) is 9.98 Å². The van der Waals surface area contributed by atoms with E-state index in [1.165, 1.54) is 23.2 Å². The topological polar surface area (TPSA) is 68.4 Å². The van der Waals surface area contributed by atoms with Crippen molar-refractivity contribution in [3.63, 3.8) is 0 Å². The summed E-state index contributed by atoms with van der Waals surface area (Å²) in [4.78, 5) is 12.7. The van der Waals surface area contributed by atoms with Crippen LogP contribution in [0.2, 0.25) is 0 Å². The number of aliphatic imine (C=N–C) groups is 2. The summed E-state index contributed by atoms with van der Waals surface area (Å²) in [5, 5.41) is 19.6. The molecule has 0 unspecified atom stereocenters. The van der Waals surface area contributed by atoms with E-state index >= 15 is 0 Å². The first-order chi connectivity index (χ1) is 17.6. The van der Waals surface area contributed by atoms with E-state index in [1.807, 2.05) is 6.08 Å². The molecule has 1 saturated carbocycles. The van der Waals surface area contributed by atoms with Crippen LogP contribution in [-0.2, 0) is 0 Å². The summed E-state index contributed by atoms with van der Waals surface area (Å²) in [6.07, 6.45) is 13.1. The number of hydrogen-bond acceptors (Lipinski definition) is 5. The van der Waals surface area contributed by atoms with Crippen LogP contribution in [0.5, 0.6) is 0 Å². The van der Waals surface area contributed by atoms with Crippen LogP contribution in [0.15, 0.2) is 101 Å². The Balaban J connectivity index is 1.55. The van der Waals surface area contributed by atoms with Crippen LogP contribution in [0, 0.1) is 5.92 Å². The second-order valence-electron chi connectivity index (χ2n) is 10.6. The lowest BCUT2D eigenvalue weighted by Gasteiger charge is -2.53. The van der Waals surface area contributed by atoms with Crippen molar-refractivity contribution in [1.82, 2.24) is 4.90 Å². The molecule has 2 heterocycles. The number of rotatable bonds is 5. The molecule has 2 aromatic carbocycles. The van der Waals surface area contributed by atoms with E-state index in [9.17, 15) is 10.2 Å². The summed E-state index contributed by atoms with van der Waals surface area (Å²) < 4.78 is 0. The van der Waals surface area contributed by atoms with Gasteiger partial charge in [0.1, 0.15) is 11.2 Å². The molecule has 2 N–H and O–H groups in total. The van der Waals surface area contributed by atoms with Crippen LogP contribution in [0.3, 0.4) is 0 Å². The number of fused-ring (bicyclic) bond motifs is 2. The fourth-order valence-electron chi connectivity index (χ4n) is 6.34. The Kier molecular flexibility index (Phi) is 5.78. The summed E-state index contributed by atoms with van der Waals surface area (Å²) in [7, 11) is 0. The van der Waals surface area contributed by atoms with Crippen molar-refractivity contribution in [2.24, 2.45) is 15.9 Å². The average Bonchev–Trinajstić information content (AvgIpc) is 3.26. The molecular formula is C31H33N3O2. The molecule has 4 aliphatic rings. The predicted molar refractivity (Wildman–Crippen MR) is 145 cm³/mol. The second-order valence-corrected chi connectivity index (χ2v) is 10.6. The zero-order valence-corrected chi connectivity index (χ0v) is 20.7. The molecule has 2 aliphatic carbocycles. The van der Waals surface area contributed by atoms with E-state index in [0.717, 1.165) is 36.4 Å². The maximum atomic E-state index is 9.82. The van der Waals surface area contributed by atoms with E-state index in [-0.39, 0.29) is 24.8 Å². The fourth-order valence-corrected chi connectivity index (χ4v) is 6.34. The van der Waals surface area contributed by atoms with E-state index in [4.69, 9.17) is 9.98 Å². The molecule has 1 spiro atoms. The molecule has 184 valence electrons. The lowest BCUT2D eigenvalue weighted by molar-refractivity contribution is 0.0687. The van der Waals surface area contributed by atoms with Crippen molar-refractivity contribution < 1.29 is 10.2 Å². The Morgan fingerprint density at radius 1 is 0.972 bits per heavy atom. The van der Waals surface area contributed by atoms with Crippen LogP contribution < -0.4 is 0 Å². The minimum absolute atomic E-state index is 0.214. The molecule has 1 fully saturated rings. The van der Waals surface area contributed by atoms with Crippen molar-refractivity contribution in [2.75, 3.05) is 13.2 Å². The highest BCUT2D eigenvalue weighted by Gasteiger charge is 2.56. The van der Waals surface area contributed by atoms with Gasteiger partial charge in [-0.15, -0.1) is 0 Å². The number of aliphatic hydroxyl groups is 2. The normalized spacial score (nSPS) is 28.1. The molecule has 0 radical (unpaired) electrons. The summed E-state index contributed by atoms with van der Waals surface area (Å²) in [5.74, 6) is 0.654. The maximum Gasteiger partial charge on any atom is 0.140 e. The Morgan fingerprint density at radius 3 is 2.42 bits per heavy atom. The molecule has 3 atom stereocenters. The van der Waals surface area contributed by atoms with E-state index in [0.29, 0.717) is 5.92 Å². The van der Waals surface area contributed by atoms with E-state index < -0.39 is 5.54 Å². The largest absolute Gasteiger partial charge is 0.394 e. The minimum atomic E-state index is -0.923. The fraction of sp³-hybridized carbons (Fsp3) is 0.355. The number of hydrogen-bond donors (Lipinski definition) is 2. The molecule has 5 nitrogen and oxygen atoms in total. The molecule has 0 saturated heterocycles. The summed E-state index contributed by atoms with van der Waals surface area (Å²) >= 11 is 0. The molecule has 0 amide bonds. The number of nitrogens with zero attached hydrogens (tertiary/aromatic N) is 3. The Bertz CT molecular complexity index is 1290. The first-order valence-corrected chi connectivity index (χ1v) is 13.0. The van der Waals surface area contributed by atoms with Crippen molar-refractivity contribution in [1.29, 1.82) is 0 Å². The Morgan fingerprint density at radius 2 is 1.69 bits per heavy atom. The van der Waals surface area contributed by atoms with Crippen LogP contribution in [-0.4, -0.2) is 51.0 Å². The first-order valence-electron chi connectivity index (χ1n) is 13.0. The molecular weight excluding hydrogens is 446 g/mol. The Hall–Kier alpha value is -3.28. The third kappa shape index (κ3) is 3.69. The SMILES string of the molecule is CC(CO)(CO)N=C1C=CC2=N[C@]34CCCC[C@@H]3[C@H](c3ccccc3)C=C(c3ccccc3)N4C2=C1. The lowest BCUT2D eigenvalue weighted by Crippen LogP contribution is -2.54. The number of allylic oxidation sites excluding steroid dienone is 4. The summed E-state index contributed by atoms with van der Waals surface area (Å²) in [6.45, 7) is 1.34. The van der Waals surface area contributed by atoms with Gasteiger partial charge in [-0.1, -0.05) is 73.2 Å². The monoisotopic (exact) mass is 479 g/mol. The van der Waals surface area contributed by atoms with Crippen molar-refractivity contribution in [3.05, 3.63) is 102 Å². The molecule has 2 aromatic rings. The minimum Gasteiger partial charge on any atom is -0.394 e. The van der Waals surface area contributed by atoms with Gasteiger partial charge >= 0.3 is 0 Å². The van der Waals surface area contributed by atoms with Gasteiger partial charge in [0.05, 0.1) is 30.3 Å². The van der Waals surface area contributed by atoms with Crippen molar-refractivity contribution in [2.45, 2.75) is 49.7 Å². The van der Waals surface area contributed by atoms with Crippen LogP contribution in [0.25, 0.3) is 5.70 Å². The van der Waals surface area contributed by atoms with Gasteiger partial charge in [-0.25, -0.2) is 0 Å². The third-order valence-corrected chi connectivity index (χ3v) is 8.15. The van der Waals surface area contributed by atoms with Crippen LogP contribution in [0.4, 0.5) is 0 Å². The molecule has 0 aromatic heterocycles. The molecule has 6 rings (SSSR count). The van der Waals surface area contributed by atoms with E-state index in [1.54, 1.807) is 6.92 Å². The first kappa shape index (κ1) is 23.1. The zero-order valence-electron chi connectivity index (χ0n) is 20.7. The average molecular weight is 480 g/mol. The van der Waals surface area contributed by atoms with Crippen LogP contribution >= 0.6 is 0 Å². The Labute approximate surface area is 212 Å². The highest BCUT2D eigenvalue weighted by atomic mass is 16.3. The predicted octanol–water partition coefficient (Wildman–Crippen LogP) is 5.11. The van der Waals surface area contributed by atoms with Gasteiger partial charge in [0.15, 0.2) is 0 Å². The number of benzene rings is 2. The number of aliphatic hydroxyl groups excluding tert-OH is 2. The molecule has 5 heteroatoms. The summed E-state index contributed by atoms with van der Waals surface area (Å²) in [5.41, 5.74) is 5.26. The smallest absolute Gasteiger partial charge is 0.140 e. The van der Waals surface area contributed by atoms with Gasteiger partial charge < -0.3 is 15.1 Å². The van der Waals surface area contributed by atoms with Gasteiger partial charge in [0, 0.05) is 17.5 Å². The maximum absolute atomic E-state index is 9.82. The summed E-state index contributed by atoms with van der Waals surface area (Å²) in [6, 6.07) is 21.5. The van der Waals surface area contributed by atoms with Gasteiger partial charge in [0.25, 0.3) is 0 Å².